The van der Waals surface area contributed by atoms with Crippen molar-refractivity contribution in [1.29, 1.82) is 0 Å². The molecule has 0 aromatic heterocycles. The Hall–Kier alpha value is -3.34. The third-order valence-electron chi connectivity index (χ3n) is 5.35. The number of hydrogen-bond acceptors (Lipinski definition) is 10. The van der Waals surface area contributed by atoms with Gasteiger partial charge in [-0.05, 0) is 40.4 Å². The Morgan fingerprint density at radius 3 is 1.77 bits per heavy atom. The Bertz CT molecular complexity index is 1020. The molecule has 0 amide bonds. The van der Waals surface area contributed by atoms with Crippen molar-refractivity contribution in [2.45, 2.75) is 80.7 Å². The van der Waals surface area contributed by atoms with Gasteiger partial charge in [-0.15, -0.1) is 0 Å². The lowest BCUT2D eigenvalue weighted by atomic mass is 9.82. The summed E-state index contributed by atoms with van der Waals surface area (Å²) in [6.45, 7) is 16.7. The number of rotatable bonds is 12. The van der Waals surface area contributed by atoms with Crippen molar-refractivity contribution in [1.82, 2.24) is 0 Å². The van der Waals surface area contributed by atoms with Crippen LogP contribution in [-0.2, 0) is 23.8 Å². The third-order valence-corrected chi connectivity index (χ3v) is 5.35. The Morgan fingerprint density at radius 2 is 1.32 bits per heavy atom. The molecule has 3 atom stereocenters. The molecule has 2 unspecified atom stereocenters. The molecule has 226 valence electrons. The van der Waals surface area contributed by atoms with Gasteiger partial charge in [-0.1, -0.05) is 68.4 Å². The van der Waals surface area contributed by atoms with E-state index >= 15 is 0 Å². The van der Waals surface area contributed by atoms with Crippen LogP contribution in [0.5, 0.6) is 11.5 Å². The fourth-order valence-corrected chi connectivity index (χ4v) is 3.45. The van der Waals surface area contributed by atoms with E-state index in [-0.39, 0.29) is 54.5 Å². The molecule has 3 N–H and O–H groups in total. The van der Waals surface area contributed by atoms with Crippen molar-refractivity contribution in [3.05, 3.63) is 23.8 Å². The summed E-state index contributed by atoms with van der Waals surface area (Å²) in [6.07, 6.45) is -1.84. The van der Waals surface area contributed by atoms with Gasteiger partial charge in [-0.2, -0.15) is 0 Å². The largest absolute Gasteiger partial charge is 0.513 e. The molecule has 0 heterocycles. The van der Waals surface area contributed by atoms with Crippen molar-refractivity contribution >= 4 is 24.2 Å². The first kappa shape index (κ1) is 34.7. The van der Waals surface area contributed by atoms with Crippen LogP contribution < -0.4 is 15.2 Å². The first-order valence-electron chi connectivity index (χ1n) is 13.3. The fourth-order valence-electron chi connectivity index (χ4n) is 3.45. The quantitative estimate of drug-likeness (QED) is 0.186. The zero-order valence-electron chi connectivity index (χ0n) is 25.1. The van der Waals surface area contributed by atoms with Crippen LogP contribution in [0.2, 0.25) is 0 Å². The molecule has 1 rings (SSSR count). The number of carboxylic acid groups (broad SMARTS) is 1. The molecule has 0 radical (unpaired) electrons. The zero-order valence-corrected chi connectivity index (χ0v) is 25.1. The number of aliphatic carboxylic acids is 1. The molecule has 0 saturated carbocycles. The van der Waals surface area contributed by atoms with E-state index in [0.717, 1.165) is 0 Å². The number of ether oxygens (including phenoxy) is 5. The Morgan fingerprint density at radius 1 is 0.825 bits per heavy atom. The second kappa shape index (κ2) is 14.9. The number of benzene rings is 1. The van der Waals surface area contributed by atoms with Crippen LogP contribution in [0.25, 0.3) is 0 Å². The van der Waals surface area contributed by atoms with Crippen molar-refractivity contribution in [2.75, 3.05) is 19.8 Å². The second-order valence-corrected chi connectivity index (χ2v) is 12.8. The Kier molecular flexibility index (Phi) is 12.9. The minimum absolute atomic E-state index is 0.0562. The van der Waals surface area contributed by atoms with Gasteiger partial charge in [0.2, 0.25) is 0 Å². The highest BCUT2D eigenvalue weighted by Crippen LogP contribution is 2.36. The van der Waals surface area contributed by atoms with Gasteiger partial charge in [-0.3, -0.25) is 9.59 Å². The van der Waals surface area contributed by atoms with Gasteiger partial charge in [0.15, 0.2) is 11.5 Å². The average Bonchev–Trinajstić information content (AvgIpc) is 2.80. The number of esters is 1. The standard InChI is InChI=1S/C29H45NO10/c1-17(2)12-22(31)36-14-18(3)23(24(30)25(32)33)19-10-11-20(39-26(34)37-15-28(4,5)6)21(13-19)40-27(35)38-16-29(7,8)9/h10-11,13,17-18,23-24H,12,14-16,30H2,1-9H3,(H,32,33)/t18?,23?,24-/m0/s1. The highest BCUT2D eigenvalue weighted by molar-refractivity contribution is 5.75. The predicted octanol–water partition coefficient (Wildman–Crippen LogP) is 5.53. The highest BCUT2D eigenvalue weighted by Gasteiger charge is 2.33. The van der Waals surface area contributed by atoms with Gasteiger partial charge in [0.05, 0.1) is 19.8 Å². The monoisotopic (exact) mass is 567 g/mol. The van der Waals surface area contributed by atoms with E-state index in [0.29, 0.717) is 5.56 Å². The Balaban J connectivity index is 3.35. The lowest BCUT2D eigenvalue weighted by Gasteiger charge is -2.28. The molecule has 0 fully saturated rings. The summed E-state index contributed by atoms with van der Waals surface area (Å²) in [4.78, 5) is 48.8. The molecule has 40 heavy (non-hydrogen) atoms. The molecule has 0 aliphatic heterocycles. The summed E-state index contributed by atoms with van der Waals surface area (Å²) < 4.78 is 26.4. The molecular formula is C29H45NO10. The number of carboxylic acids is 1. The van der Waals surface area contributed by atoms with Crippen molar-refractivity contribution in [2.24, 2.45) is 28.4 Å². The highest BCUT2D eigenvalue weighted by atomic mass is 16.7. The van der Waals surface area contributed by atoms with Crippen molar-refractivity contribution < 1.29 is 48.0 Å². The lowest BCUT2D eigenvalue weighted by Crippen LogP contribution is -2.40. The molecule has 0 spiro atoms. The molecule has 1 aromatic carbocycles. The molecule has 11 heteroatoms. The molecule has 0 aliphatic rings. The number of hydrogen-bond donors (Lipinski definition) is 2. The van der Waals surface area contributed by atoms with Gasteiger partial charge in [-0.25, -0.2) is 9.59 Å². The maximum absolute atomic E-state index is 12.5. The van der Waals surface area contributed by atoms with E-state index in [9.17, 15) is 24.3 Å². The average molecular weight is 568 g/mol. The Labute approximate surface area is 236 Å². The van der Waals surface area contributed by atoms with E-state index in [4.69, 9.17) is 29.4 Å². The summed E-state index contributed by atoms with van der Waals surface area (Å²) in [5.74, 6) is -3.33. The van der Waals surface area contributed by atoms with Crippen LogP contribution >= 0.6 is 0 Å². The maximum atomic E-state index is 12.5. The topological polar surface area (TPSA) is 161 Å². The third kappa shape index (κ3) is 13.1. The second-order valence-electron chi connectivity index (χ2n) is 12.8. The van der Waals surface area contributed by atoms with E-state index in [2.05, 4.69) is 0 Å². The molecule has 0 aliphatic carbocycles. The summed E-state index contributed by atoms with van der Waals surface area (Å²) in [7, 11) is 0. The zero-order chi connectivity index (χ0) is 30.8. The smallest absolute Gasteiger partial charge is 0.480 e. The van der Waals surface area contributed by atoms with Crippen LogP contribution in [0.3, 0.4) is 0 Å². The molecule has 0 bridgehead atoms. The van der Waals surface area contributed by atoms with Gasteiger partial charge in [0, 0.05) is 12.3 Å². The van der Waals surface area contributed by atoms with E-state index in [1.165, 1.54) is 18.2 Å². The normalized spacial score (nSPS) is 14.1. The number of carbonyl (C=O) groups is 4. The van der Waals surface area contributed by atoms with E-state index < -0.39 is 42.1 Å². The predicted molar refractivity (Wildman–Crippen MR) is 147 cm³/mol. The number of nitrogens with two attached hydrogens (primary N) is 1. The van der Waals surface area contributed by atoms with E-state index in [1.54, 1.807) is 6.92 Å². The van der Waals surface area contributed by atoms with Crippen molar-refractivity contribution in [3.63, 3.8) is 0 Å². The first-order valence-corrected chi connectivity index (χ1v) is 13.3. The lowest BCUT2D eigenvalue weighted by molar-refractivity contribution is -0.146. The summed E-state index contributed by atoms with van der Waals surface area (Å²) in [6, 6.07) is 2.81. The molecule has 0 saturated heterocycles. The van der Waals surface area contributed by atoms with Crippen LogP contribution in [-0.4, -0.2) is 55.2 Å². The first-order chi connectivity index (χ1) is 18.3. The summed E-state index contributed by atoms with van der Waals surface area (Å²) in [5, 5.41) is 9.69. The van der Waals surface area contributed by atoms with Crippen LogP contribution in [0.15, 0.2) is 18.2 Å². The fraction of sp³-hybridized carbons (Fsp3) is 0.655. The van der Waals surface area contributed by atoms with Gasteiger partial charge >= 0.3 is 24.2 Å². The van der Waals surface area contributed by atoms with Gasteiger partial charge in [0.1, 0.15) is 6.04 Å². The minimum Gasteiger partial charge on any atom is -0.480 e. The summed E-state index contributed by atoms with van der Waals surface area (Å²) in [5.41, 5.74) is 5.76. The molecule has 1 aromatic rings. The maximum Gasteiger partial charge on any atom is 0.513 e. The molecule has 11 nitrogen and oxygen atoms in total. The summed E-state index contributed by atoms with van der Waals surface area (Å²) >= 11 is 0. The van der Waals surface area contributed by atoms with Gasteiger partial charge < -0.3 is 34.5 Å². The van der Waals surface area contributed by atoms with Crippen LogP contribution in [0, 0.1) is 22.7 Å². The minimum atomic E-state index is -1.39. The van der Waals surface area contributed by atoms with Crippen LogP contribution in [0.4, 0.5) is 9.59 Å². The molecular weight excluding hydrogens is 522 g/mol. The van der Waals surface area contributed by atoms with Crippen molar-refractivity contribution in [3.8, 4) is 11.5 Å². The van der Waals surface area contributed by atoms with Gasteiger partial charge in [0.25, 0.3) is 0 Å². The van der Waals surface area contributed by atoms with Crippen LogP contribution in [0.1, 0.15) is 80.2 Å². The number of carbonyl (C=O) groups excluding carboxylic acids is 3. The van der Waals surface area contributed by atoms with E-state index in [1.807, 2.05) is 55.4 Å². The SMILES string of the molecule is CC(C)CC(=O)OCC(C)C(c1ccc(OC(=O)OCC(C)(C)C)c(OC(=O)OCC(C)(C)C)c1)[C@H](N)C(=O)O.